The Morgan fingerprint density at radius 2 is 1.67 bits per heavy atom. The number of oxazole rings is 1. The SMILES string of the molecule is COc1ccc(CCNc2oc(-c3ccc(Br)cc3)nc2S(=O)(=O)c2ccc(Cl)cc2)cc1. The molecule has 4 rings (SSSR count). The van der Waals surface area contributed by atoms with Gasteiger partial charge in [0.25, 0.3) is 0 Å². The fourth-order valence-electron chi connectivity index (χ4n) is 3.15. The Hall–Kier alpha value is -2.81. The van der Waals surface area contributed by atoms with Crippen LogP contribution in [0.5, 0.6) is 5.75 Å². The summed E-state index contributed by atoms with van der Waals surface area (Å²) in [7, 11) is -2.32. The number of sulfone groups is 1. The molecular formula is C24H20BrClN2O4S. The topological polar surface area (TPSA) is 81.4 Å². The smallest absolute Gasteiger partial charge is 0.233 e. The maximum absolute atomic E-state index is 13.3. The molecule has 3 aromatic carbocycles. The molecule has 0 bridgehead atoms. The highest BCUT2D eigenvalue weighted by molar-refractivity contribution is 9.10. The lowest BCUT2D eigenvalue weighted by Crippen LogP contribution is -2.09. The van der Waals surface area contributed by atoms with E-state index in [9.17, 15) is 8.42 Å². The molecule has 9 heteroatoms. The van der Waals surface area contributed by atoms with Crippen LogP contribution >= 0.6 is 27.5 Å². The molecule has 0 saturated carbocycles. The Bertz CT molecular complexity index is 1340. The summed E-state index contributed by atoms with van der Waals surface area (Å²) in [5.74, 6) is 1.08. The summed E-state index contributed by atoms with van der Waals surface area (Å²) in [5, 5.41) is 3.38. The van der Waals surface area contributed by atoms with Crippen molar-refractivity contribution >= 4 is 43.3 Å². The molecule has 0 radical (unpaired) electrons. The minimum absolute atomic E-state index is 0.0840. The number of halogens is 2. The fraction of sp³-hybridized carbons (Fsp3) is 0.125. The highest BCUT2D eigenvalue weighted by Gasteiger charge is 2.28. The first-order valence-corrected chi connectivity index (χ1v) is 12.7. The molecule has 0 amide bonds. The lowest BCUT2D eigenvalue weighted by molar-refractivity contribution is 0.414. The van der Waals surface area contributed by atoms with Gasteiger partial charge < -0.3 is 14.5 Å². The standard InChI is InChI=1S/C24H20BrClN2O4S/c1-31-20-10-2-16(3-11-20)14-15-27-23-24(33(29,30)21-12-8-19(26)9-13-21)28-22(32-23)17-4-6-18(25)7-5-17/h2-13,27H,14-15H2,1H3. The third-order valence-corrected chi connectivity index (χ3v) is 7.38. The number of nitrogens with one attached hydrogen (secondary N) is 1. The van der Waals surface area contributed by atoms with Gasteiger partial charge in [-0.25, -0.2) is 8.42 Å². The quantitative estimate of drug-likeness (QED) is 0.281. The van der Waals surface area contributed by atoms with Crippen molar-refractivity contribution in [3.63, 3.8) is 0 Å². The van der Waals surface area contributed by atoms with Gasteiger partial charge in [-0.2, -0.15) is 4.98 Å². The second-order valence-electron chi connectivity index (χ2n) is 7.14. The normalized spacial score (nSPS) is 11.4. The summed E-state index contributed by atoms with van der Waals surface area (Å²) < 4.78 is 38.6. The summed E-state index contributed by atoms with van der Waals surface area (Å²) in [4.78, 5) is 4.43. The highest BCUT2D eigenvalue weighted by atomic mass is 79.9. The minimum atomic E-state index is -3.94. The van der Waals surface area contributed by atoms with E-state index in [1.165, 1.54) is 24.3 Å². The number of rotatable bonds is 8. The molecule has 1 aromatic heterocycles. The molecule has 0 aliphatic rings. The first-order chi connectivity index (χ1) is 15.9. The summed E-state index contributed by atoms with van der Waals surface area (Å²) in [6, 6.07) is 20.9. The van der Waals surface area contributed by atoms with Crippen LogP contribution in [0.15, 0.2) is 91.6 Å². The van der Waals surface area contributed by atoms with Gasteiger partial charge in [0.05, 0.1) is 12.0 Å². The van der Waals surface area contributed by atoms with Gasteiger partial charge in [0.1, 0.15) is 5.75 Å². The molecule has 170 valence electrons. The van der Waals surface area contributed by atoms with E-state index in [0.717, 1.165) is 15.8 Å². The number of hydrogen-bond acceptors (Lipinski definition) is 6. The molecule has 0 unspecified atom stereocenters. The van der Waals surface area contributed by atoms with Crippen LogP contribution in [0.1, 0.15) is 5.56 Å². The van der Waals surface area contributed by atoms with E-state index in [-0.39, 0.29) is 21.7 Å². The van der Waals surface area contributed by atoms with Crippen LogP contribution in [-0.4, -0.2) is 27.1 Å². The third kappa shape index (κ3) is 5.40. The van der Waals surface area contributed by atoms with E-state index in [2.05, 4.69) is 26.2 Å². The fourth-order valence-corrected chi connectivity index (χ4v) is 4.82. The van der Waals surface area contributed by atoms with Gasteiger partial charge in [-0.05, 0) is 72.6 Å². The molecule has 6 nitrogen and oxygen atoms in total. The molecule has 0 aliphatic heterocycles. The maximum atomic E-state index is 13.3. The largest absolute Gasteiger partial charge is 0.497 e. The predicted octanol–water partition coefficient (Wildman–Crippen LogP) is 6.25. The highest BCUT2D eigenvalue weighted by Crippen LogP contribution is 2.33. The number of nitrogens with zero attached hydrogens (tertiary/aromatic N) is 1. The molecule has 1 N–H and O–H groups in total. The Balaban J connectivity index is 1.64. The number of anilines is 1. The van der Waals surface area contributed by atoms with E-state index in [1.54, 1.807) is 19.2 Å². The molecule has 0 fully saturated rings. The molecular weight excluding hydrogens is 528 g/mol. The summed E-state index contributed by atoms with van der Waals surface area (Å²) in [6.07, 6.45) is 0.652. The number of ether oxygens (including phenoxy) is 1. The second-order valence-corrected chi connectivity index (χ2v) is 10.4. The van der Waals surface area contributed by atoms with E-state index in [4.69, 9.17) is 20.8 Å². The first-order valence-electron chi connectivity index (χ1n) is 10.0. The van der Waals surface area contributed by atoms with Gasteiger partial charge in [0.15, 0.2) is 0 Å². The molecule has 0 saturated heterocycles. The Labute approximate surface area is 205 Å². The van der Waals surface area contributed by atoms with Crippen molar-refractivity contribution in [2.75, 3.05) is 19.0 Å². The average molecular weight is 548 g/mol. The number of benzene rings is 3. The Kier molecular flexibility index (Phi) is 7.07. The van der Waals surface area contributed by atoms with Crippen LogP contribution in [0.2, 0.25) is 5.02 Å². The summed E-state index contributed by atoms with van der Waals surface area (Å²) >= 11 is 9.32. The van der Waals surface area contributed by atoms with E-state index in [0.29, 0.717) is 23.6 Å². The first kappa shape index (κ1) is 23.4. The molecule has 4 aromatic rings. The van der Waals surface area contributed by atoms with Crippen LogP contribution in [0, 0.1) is 0 Å². The maximum Gasteiger partial charge on any atom is 0.233 e. The van der Waals surface area contributed by atoms with E-state index < -0.39 is 9.84 Å². The lowest BCUT2D eigenvalue weighted by atomic mass is 10.1. The number of hydrogen-bond donors (Lipinski definition) is 1. The number of aromatic nitrogens is 1. The summed E-state index contributed by atoms with van der Waals surface area (Å²) in [5.41, 5.74) is 1.73. The zero-order chi connectivity index (χ0) is 23.4. The van der Waals surface area contributed by atoms with Gasteiger partial charge in [0, 0.05) is 21.6 Å². The zero-order valence-corrected chi connectivity index (χ0v) is 20.7. The predicted molar refractivity (Wildman–Crippen MR) is 132 cm³/mol. The van der Waals surface area contributed by atoms with Crippen molar-refractivity contribution in [1.82, 2.24) is 4.98 Å². The van der Waals surface area contributed by atoms with Crippen LogP contribution in [0.25, 0.3) is 11.5 Å². The van der Waals surface area contributed by atoms with Crippen LogP contribution in [-0.2, 0) is 16.3 Å². The monoisotopic (exact) mass is 546 g/mol. The molecule has 0 spiro atoms. The minimum Gasteiger partial charge on any atom is -0.497 e. The van der Waals surface area contributed by atoms with Crippen LogP contribution in [0.4, 0.5) is 5.88 Å². The lowest BCUT2D eigenvalue weighted by Gasteiger charge is -2.07. The van der Waals surface area contributed by atoms with Crippen molar-refractivity contribution in [3.05, 3.63) is 87.9 Å². The van der Waals surface area contributed by atoms with Gasteiger partial charge in [-0.1, -0.05) is 39.7 Å². The zero-order valence-electron chi connectivity index (χ0n) is 17.6. The van der Waals surface area contributed by atoms with Crippen molar-refractivity contribution < 1.29 is 17.6 Å². The molecule has 1 heterocycles. The Morgan fingerprint density at radius 3 is 2.30 bits per heavy atom. The van der Waals surface area contributed by atoms with Gasteiger partial charge >= 0.3 is 0 Å². The van der Waals surface area contributed by atoms with Gasteiger partial charge in [0.2, 0.25) is 26.6 Å². The molecule has 0 atom stereocenters. The third-order valence-electron chi connectivity index (χ3n) is 4.92. The average Bonchev–Trinajstić information content (AvgIpc) is 3.25. The molecule has 33 heavy (non-hydrogen) atoms. The van der Waals surface area contributed by atoms with E-state index in [1.807, 2.05) is 36.4 Å². The second kappa shape index (κ2) is 9.99. The van der Waals surface area contributed by atoms with Gasteiger partial charge in [-0.15, -0.1) is 0 Å². The Morgan fingerprint density at radius 1 is 1.00 bits per heavy atom. The van der Waals surface area contributed by atoms with Crippen LogP contribution < -0.4 is 10.1 Å². The summed E-state index contributed by atoms with van der Waals surface area (Å²) in [6.45, 7) is 0.449. The van der Waals surface area contributed by atoms with Crippen molar-refractivity contribution in [2.45, 2.75) is 16.3 Å². The van der Waals surface area contributed by atoms with Gasteiger partial charge in [-0.3, -0.25) is 0 Å². The van der Waals surface area contributed by atoms with Crippen LogP contribution in [0.3, 0.4) is 0 Å². The number of methoxy groups -OCH3 is 1. The van der Waals surface area contributed by atoms with E-state index >= 15 is 0 Å². The van der Waals surface area contributed by atoms with Crippen molar-refractivity contribution in [3.8, 4) is 17.2 Å². The van der Waals surface area contributed by atoms with Crippen molar-refractivity contribution in [2.24, 2.45) is 0 Å². The van der Waals surface area contributed by atoms with Crippen molar-refractivity contribution in [1.29, 1.82) is 0 Å². The molecule has 0 aliphatic carbocycles.